The minimum absolute atomic E-state index is 0.775. The smallest absolute Gasteiger partial charge is 0.107 e. The van der Waals surface area contributed by atoms with E-state index in [0.29, 0.717) is 0 Å². The van der Waals surface area contributed by atoms with E-state index in [1.807, 2.05) is 11.6 Å². The van der Waals surface area contributed by atoms with Crippen molar-refractivity contribution in [3.05, 3.63) is 29.3 Å². The number of imidazole rings is 1. The summed E-state index contributed by atoms with van der Waals surface area (Å²) in [6, 6.07) is 0. The van der Waals surface area contributed by atoms with Gasteiger partial charge in [0.2, 0.25) is 0 Å². The first kappa shape index (κ1) is 9.29. The van der Waals surface area contributed by atoms with Gasteiger partial charge in [-0.05, 0) is 11.5 Å². The van der Waals surface area contributed by atoms with E-state index in [-0.39, 0.29) is 0 Å². The third-order valence-corrected chi connectivity index (χ3v) is 2.36. The number of nitrogens with one attached hydrogen (secondary N) is 2. The summed E-state index contributed by atoms with van der Waals surface area (Å²) in [6.07, 6.45) is 4.50. The number of rotatable bonds is 5. The molecule has 2 heterocycles. The fourth-order valence-corrected chi connectivity index (χ4v) is 1.57. The molecule has 2 aromatic rings. The molecule has 0 atom stereocenters. The molecule has 0 fully saturated rings. The van der Waals surface area contributed by atoms with Gasteiger partial charge in [-0.2, -0.15) is 0 Å². The Bertz CT molecular complexity index is 305. The fourth-order valence-electron chi connectivity index (χ4n) is 1.12. The zero-order chi connectivity index (χ0) is 9.64. The van der Waals surface area contributed by atoms with Crippen LogP contribution in [-0.2, 0) is 13.0 Å². The first-order chi connectivity index (χ1) is 6.95. The summed E-state index contributed by atoms with van der Waals surface area (Å²) >= 11 is 1.38. The number of hydrogen-bond acceptors (Lipinski definition) is 5. The molecule has 5 nitrogen and oxygen atoms in total. The Morgan fingerprint density at radius 3 is 3.21 bits per heavy atom. The van der Waals surface area contributed by atoms with E-state index in [0.717, 1.165) is 31.0 Å². The molecule has 0 spiro atoms. The van der Waals surface area contributed by atoms with Crippen molar-refractivity contribution in [2.24, 2.45) is 0 Å². The van der Waals surface area contributed by atoms with E-state index in [1.165, 1.54) is 11.5 Å². The van der Waals surface area contributed by atoms with Crippen molar-refractivity contribution >= 4 is 11.5 Å². The van der Waals surface area contributed by atoms with Gasteiger partial charge >= 0.3 is 0 Å². The Balaban J connectivity index is 1.65. The largest absolute Gasteiger partial charge is 0.349 e. The molecule has 0 aliphatic rings. The highest BCUT2D eigenvalue weighted by Gasteiger charge is 1.96. The van der Waals surface area contributed by atoms with E-state index in [2.05, 4.69) is 24.9 Å². The maximum absolute atomic E-state index is 4.13. The number of nitrogens with zero attached hydrogens (tertiary/aromatic N) is 3. The highest BCUT2D eigenvalue weighted by molar-refractivity contribution is 7.03. The Morgan fingerprint density at radius 2 is 2.50 bits per heavy atom. The molecular weight excluding hydrogens is 198 g/mol. The molecule has 0 saturated carbocycles. The predicted molar refractivity (Wildman–Crippen MR) is 53.9 cm³/mol. The minimum Gasteiger partial charge on any atom is -0.349 e. The fraction of sp³-hybridized carbons (Fsp3) is 0.375. The van der Waals surface area contributed by atoms with Crippen LogP contribution in [0.5, 0.6) is 0 Å². The molecule has 6 heteroatoms. The number of H-pyrrole nitrogens is 1. The van der Waals surface area contributed by atoms with E-state index >= 15 is 0 Å². The van der Waals surface area contributed by atoms with Crippen LogP contribution in [0.1, 0.15) is 11.5 Å². The van der Waals surface area contributed by atoms with Gasteiger partial charge in [-0.15, -0.1) is 5.10 Å². The van der Waals surface area contributed by atoms with Gasteiger partial charge in [0, 0.05) is 37.3 Å². The van der Waals surface area contributed by atoms with Gasteiger partial charge in [-0.25, -0.2) is 4.98 Å². The molecule has 0 aromatic carbocycles. The van der Waals surface area contributed by atoms with Crippen LogP contribution in [0, 0.1) is 0 Å². The maximum atomic E-state index is 4.13. The van der Waals surface area contributed by atoms with Crippen molar-refractivity contribution in [1.82, 2.24) is 24.9 Å². The quantitative estimate of drug-likeness (QED) is 0.707. The zero-order valence-electron chi connectivity index (χ0n) is 7.60. The molecule has 0 bridgehead atoms. The van der Waals surface area contributed by atoms with Crippen LogP contribution in [-0.4, -0.2) is 26.1 Å². The van der Waals surface area contributed by atoms with Crippen LogP contribution in [0.15, 0.2) is 17.8 Å². The van der Waals surface area contributed by atoms with Gasteiger partial charge in [0.15, 0.2) is 0 Å². The summed E-state index contributed by atoms with van der Waals surface area (Å²) in [5.74, 6) is 1.01. The molecule has 2 N–H and O–H groups in total. The van der Waals surface area contributed by atoms with Crippen LogP contribution in [0.4, 0.5) is 0 Å². The van der Waals surface area contributed by atoms with Gasteiger partial charge in [-0.1, -0.05) is 4.49 Å². The molecule has 2 aromatic heterocycles. The molecule has 0 aliphatic carbocycles. The lowest BCUT2D eigenvalue weighted by atomic mass is 10.4. The van der Waals surface area contributed by atoms with Crippen LogP contribution in [0.25, 0.3) is 0 Å². The van der Waals surface area contributed by atoms with Crippen LogP contribution in [0.3, 0.4) is 0 Å². The molecule has 74 valence electrons. The number of aromatic amines is 1. The third-order valence-electron chi connectivity index (χ3n) is 1.80. The lowest BCUT2D eigenvalue weighted by molar-refractivity contribution is 0.661. The second kappa shape index (κ2) is 4.83. The highest BCUT2D eigenvalue weighted by Crippen LogP contribution is 1.95. The maximum Gasteiger partial charge on any atom is 0.107 e. The SMILES string of the molecule is c1c[nH]c(CCNCc2csnn2)n1. The Labute approximate surface area is 85.8 Å². The average Bonchev–Trinajstić information content (AvgIpc) is 2.86. The molecule has 0 amide bonds. The van der Waals surface area contributed by atoms with E-state index in [1.54, 1.807) is 6.20 Å². The predicted octanol–water partition coefficient (Wildman–Crippen LogP) is 0.594. The van der Waals surface area contributed by atoms with Gasteiger partial charge in [0.25, 0.3) is 0 Å². The van der Waals surface area contributed by atoms with Crippen molar-refractivity contribution in [1.29, 1.82) is 0 Å². The van der Waals surface area contributed by atoms with Crippen LogP contribution in [0.2, 0.25) is 0 Å². The first-order valence-electron chi connectivity index (χ1n) is 4.40. The number of aromatic nitrogens is 4. The van der Waals surface area contributed by atoms with Gasteiger partial charge in [0.1, 0.15) is 5.82 Å². The highest BCUT2D eigenvalue weighted by atomic mass is 32.1. The molecule has 0 unspecified atom stereocenters. The standard InChI is InChI=1S/C8H11N5S/c1(8-10-3-4-11-8)2-9-5-7-6-14-13-12-7/h3-4,6,9H,1-2,5H2,(H,10,11). The Kier molecular flexibility index (Phi) is 3.20. The first-order valence-corrected chi connectivity index (χ1v) is 5.24. The topological polar surface area (TPSA) is 66.5 Å². The molecule has 14 heavy (non-hydrogen) atoms. The summed E-state index contributed by atoms with van der Waals surface area (Å²) in [7, 11) is 0. The van der Waals surface area contributed by atoms with Crippen molar-refractivity contribution < 1.29 is 0 Å². The molecule has 0 aliphatic heterocycles. The third kappa shape index (κ3) is 2.61. The summed E-state index contributed by atoms with van der Waals surface area (Å²) in [5.41, 5.74) is 0.995. The Morgan fingerprint density at radius 1 is 1.50 bits per heavy atom. The lowest BCUT2D eigenvalue weighted by Crippen LogP contribution is -2.17. The summed E-state index contributed by atoms with van der Waals surface area (Å²) in [6.45, 7) is 1.67. The van der Waals surface area contributed by atoms with Crippen molar-refractivity contribution in [2.75, 3.05) is 6.54 Å². The van der Waals surface area contributed by atoms with Crippen molar-refractivity contribution in [2.45, 2.75) is 13.0 Å². The van der Waals surface area contributed by atoms with Crippen molar-refractivity contribution in [3.63, 3.8) is 0 Å². The Hall–Kier alpha value is -1.27. The van der Waals surface area contributed by atoms with Gasteiger partial charge in [0.05, 0.1) is 5.69 Å². The normalized spacial score (nSPS) is 10.6. The van der Waals surface area contributed by atoms with Crippen LogP contribution < -0.4 is 5.32 Å². The monoisotopic (exact) mass is 209 g/mol. The molecule has 2 rings (SSSR count). The summed E-state index contributed by atoms with van der Waals surface area (Å²) in [5, 5.41) is 9.15. The average molecular weight is 209 g/mol. The van der Waals surface area contributed by atoms with Crippen molar-refractivity contribution in [3.8, 4) is 0 Å². The van der Waals surface area contributed by atoms with Gasteiger partial charge < -0.3 is 10.3 Å². The van der Waals surface area contributed by atoms with E-state index in [4.69, 9.17) is 0 Å². The summed E-state index contributed by atoms with van der Waals surface area (Å²) < 4.78 is 3.78. The minimum atomic E-state index is 0.775. The van der Waals surface area contributed by atoms with E-state index < -0.39 is 0 Å². The summed E-state index contributed by atoms with van der Waals surface area (Å²) in [4.78, 5) is 7.18. The number of hydrogen-bond donors (Lipinski definition) is 2. The zero-order valence-corrected chi connectivity index (χ0v) is 8.42. The lowest BCUT2D eigenvalue weighted by Gasteiger charge is -1.99. The van der Waals surface area contributed by atoms with Gasteiger partial charge in [-0.3, -0.25) is 0 Å². The molecule has 0 radical (unpaired) electrons. The molecular formula is C8H11N5S. The van der Waals surface area contributed by atoms with E-state index in [9.17, 15) is 0 Å². The van der Waals surface area contributed by atoms with Crippen LogP contribution >= 0.6 is 11.5 Å². The second-order valence-corrected chi connectivity index (χ2v) is 3.47. The second-order valence-electron chi connectivity index (χ2n) is 2.86. The molecule has 0 saturated heterocycles.